The topological polar surface area (TPSA) is 94.3 Å². The second kappa shape index (κ2) is 17.3. The van der Waals surface area contributed by atoms with E-state index in [2.05, 4.69) is 15.0 Å². The van der Waals surface area contributed by atoms with Gasteiger partial charge in [-0.2, -0.15) is 39.5 Å². The van der Waals surface area contributed by atoms with Crippen LogP contribution in [0.15, 0.2) is 121 Å². The molecule has 17 heteroatoms. The zero-order valence-electron chi connectivity index (χ0n) is 36.7. The minimum atomic E-state index is -7.22. The molecule has 0 aliphatic carbocycles. The van der Waals surface area contributed by atoms with Crippen molar-refractivity contribution < 1.29 is 58.5 Å². The highest BCUT2D eigenvalue weighted by molar-refractivity contribution is 6.03. The smallest absolute Gasteiger partial charge is 0.460 e. The fourth-order valence-electron chi connectivity index (χ4n) is 8.31. The maximum atomic E-state index is 16.9. The average Bonchev–Trinajstić information content (AvgIpc) is 4.20. The molecule has 0 unspecified atom stereocenters. The van der Waals surface area contributed by atoms with Gasteiger partial charge in [0.2, 0.25) is 0 Å². The number of halogens is 9. The number of nitrogens with zero attached hydrogens (tertiary/aromatic N) is 2. The first-order valence-electron chi connectivity index (χ1n) is 20.9. The fourth-order valence-corrected chi connectivity index (χ4v) is 8.31. The zero-order chi connectivity index (χ0) is 49.0. The van der Waals surface area contributed by atoms with E-state index in [-0.39, 0.29) is 39.0 Å². The molecule has 4 aromatic carbocycles. The largest absolute Gasteiger partial charge is 0.497 e. The number of hydrogen-bond donors (Lipinski definition) is 2. The summed E-state index contributed by atoms with van der Waals surface area (Å²) in [7, 11) is 5.77. The fraction of sp³-hybridized carbons (Fsp3) is 0.154. The van der Waals surface area contributed by atoms with E-state index in [1.54, 1.807) is 72.8 Å². The molecule has 2 aliphatic rings. The maximum Gasteiger partial charge on any atom is 0.460 e. The molecular formula is C52H37F9N4O4. The molecule has 7 aromatic rings. The van der Waals surface area contributed by atoms with Gasteiger partial charge in [-0.3, -0.25) is 0 Å². The van der Waals surface area contributed by atoms with Crippen molar-refractivity contribution >= 4 is 45.9 Å². The van der Waals surface area contributed by atoms with E-state index >= 15 is 17.6 Å². The van der Waals surface area contributed by atoms with Crippen molar-refractivity contribution in [3.05, 3.63) is 144 Å². The number of nitrogens with one attached hydrogen (secondary N) is 2. The third-order valence-electron chi connectivity index (χ3n) is 11.9. The number of hydrogen-bond acceptors (Lipinski definition) is 6. The quantitative estimate of drug-likeness (QED) is 0.125. The van der Waals surface area contributed by atoms with Crippen molar-refractivity contribution in [1.82, 2.24) is 19.9 Å². The lowest BCUT2D eigenvalue weighted by Crippen LogP contribution is -2.61. The summed E-state index contributed by atoms with van der Waals surface area (Å²) in [4.78, 5) is 16.2. The van der Waals surface area contributed by atoms with Gasteiger partial charge in [-0.05, 0) is 113 Å². The highest BCUT2D eigenvalue weighted by Gasteiger charge is 2.82. The van der Waals surface area contributed by atoms with Gasteiger partial charge in [-0.15, -0.1) is 0 Å². The molecule has 0 saturated heterocycles. The molecule has 5 heterocycles. The highest BCUT2D eigenvalue weighted by Crippen LogP contribution is 2.58. The number of aromatic nitrogens is 4. The Labute approximate surface area is 387 Å². The monoisotopic (exact) mass is 952 g/mol. The van der Waals surface area contributed by atoms with E-state index in [0.29, 0.717) is 68.0 Å². The summed E-state index contributed by atoms with van der Waals surface area (Å²) in [5.74, 6) is -18.8. The lowest BCUT2D eigenvalue weighted by molar-refractivity contribution is -0.386. The van der Waals surface area contributed by atoms with E-state index in [1.165, 1.54) is 83.0 Å². The Kier molecular flexibility index (Phi) is 11.6. The molecule has 0 radical (unpaired) electrons. The van der Waals surface area contributed by atoms with E-state index in [0.717, 1.165) is 0 Å². The Morgan fingerprint density at radius 2 is 0.696 bits per heavy atom. The summed E-state index contributed by atoms with van der Waals surface area (Å²) < 4.78 is 158. The van der Waals surface area contributed by atoms with Gasteiger partial charge in [-0.25, -0.2) is 9.97 Å². The van der Waals surface area contributed by atoms with E-state index < -0.39 is 40.9 Å². The van der Waals surface area contributed by atoms with Gasteiger partial charge in [0, 0.05) is 44.3 Å². The highest BCUT2D eigenvalue weighted by atomic mass is 19.4. The number of rotatable bonds is 11. The van der Waals surface area contributed by atoms with E-state index in [1.807, 2.05) is 6.08 Å². The molecule has 0 saturated carbocycles. The summed E-state index contributed by atoms with van der Waals surface area (Å²) >= 11 is 0. The SMILES string of the molecule is COc1ccc(-c2c3nc(c(-c4ccc(OC)cc4)c4ccc([nH]4)c(-c4ccc(OC)cc4)c4nc(c(-c5ccc(OC)cc5)c5ccc2[nH]5)C=C4C(F)(F)C(F)(F)C(F)(F)C(F)(F)F)C=C3)cc1. The molecule has 69 heavy (non-hydrogen) atoms. The molecule has 0 spiro atoms. The van der Waals surface area contributed by atoms with Crippen molar-refractivity contribution in [3.63, 3.8) is 0 Å². The first-order valence-corrected chi connectivity index (χ1v) is 20.9. The minimum Gasteiger partial charge on any atom is -0.497 e. The van der Waals surface area contributed by atoms with Crippen molar-refractivity contribution in [2.45, 2.75) is 23.9 Å². The summed E-state index contributed by atoms with van der Waals surface area (Å²) in [6, 6.07) is 31.9. The molecule has 0 atom stereocenters. The zero-order valence-corrected chi connectivity index (χ0v) is 36.7. The maximum absolute atomic E-state index is 16.9. The molecular weight excluding hydrogens is 916 g/mol. The average molecular weight is 953 g/mol. The van der Waals surface area contributed by atoms with Crippen LogP contribution >= 0.6 is 0 Å². The molecule has 0 fully saturated rings. The standard InChI is InChI=1S/C52H37F9N4O4/c1-66-32-13-5-28(6-14-32)44-37-21-22-38(62-37)45(29-7-15-33(67-2)16-8-29)40-25-26-42(64-40)47(31-11-19-35(69-4)20-12-31)48-36(49(53,54)50(55,56)51(57,58)52(59,60)61)27-43(65-48)46(41-24-23-39(44)63-41)30-9-17-34(68-3)18-10-30/h5-27,63-64H,1-4H3. The van der Waals surface area contributed by atoms with Crippen molar-refractivity contribution in [2.24, 2.45) is 0 Å². The van der Waals surface area contributed by atoms with Crippen molar-refractivity contribution in [3.8, 4) is 67.5 Å². The minimum absolute atomic E-state index is 0.0181. The second-order valence-corrected chi connectivity index (χ2v) is 15.8. The Hall–Kier alpha value is -7.95. The van der Waals surface area contributed by atoms with Gasteiger partial charge in [0.15, 0.2) is 0 Å². The van der Waals surface area contributed by atoms with Crippen LogP contribution in [0.2, 0.25) is 0 Å². The molecule has 2 N–H and O–H groups in total. The predicted octanol–water partition coefficient (Wildman–Crippen LogP) is 14.2. The molecule has 3 aromatic heterocycles. The number of alkyl halides is 9. The van der Waals surface area contributed by atoms with Crippen LogP contribution in [0, 0.1) is 0 Å². The predicted molar refractivity (Wildman–Crippen MR) is 247 cm³/mol. The Morgan fingerprint density at radius 1 is 0.377 bits per heavy atom. The van der Waals surface area contributed by atoms with Gasteiger partial charge in [0.25, 0.3) is 0 Å². The first kappa shape index (κ1) is 46.2. The van der Waals surface area contributed by atoms with Crippen molar-refractivity contribution in [2.75, 3.05) is 28.4 Å². The number of H-pyrrole nitrogens is 2. The van der Waals surface area contributed by atoms with E-state index in [4.69, 9.17) is 23.9 Å². The van der Waals surface area contributed by atoms with Crippen LogP contribution in [-0.2, 0) is 0 Å². The number of fused-ring (bicyclic) bond motifs is 8. The van der Waals surface area contributed by atoms with Crippen LogP contribution in [-0.4, -0.2) is 72.3 Å². The van der Waals surface area contributed by atoms with Crippen LogP contribution in [0.25, 0.3) is 90.4 Å². The Morgan fingerprint density at radius 3 is 1.03 bits per heavy atom. The van der Waals surface area contributed by atoms with Gasteiger partial charge in [-0.1, -0.05) is 48.5 Å². The van der Waals surface area contributed by atoms with Crippen LogP contribution in [0.5, 0.6) is 23.0 Å². The number of ether oxygens (including phenoxy) is 4. The van der Waals surface area contributed by atoms with Crippen LogP contribution in [0.4, 0.5) is 39.5 Å². The van der Waals surface area contributed by atoms with Crippen LogP contribution < -0.4 is 18.9 Å². The first-order chi connectivity index (χ1) is 32.9. The molecule has 2 aliphatic heterocycles. The second-order valence-electron chi connectivity index (χ2n) is 15.8. The lowest BCUT2D eigenvalue weighted by atomic mass is 9.90. The normalized spacial score (nSPS) is 13.0. The van der Waals surface area contributed by atoms with Gasteiger partial charge in [0.05, 0.1) is 56.8 Å². The number of benzene rings is 4. The number of methoxy groups -OCH3 is 4. The molecule has 8 bridgehead atoms. The van der Waals surface area contributed by atoms with Gasteiger partial charge >= 0.3 is 23.9 Å². The number of allylic oxidation sites excluding steroid dienone is 1. The summed E-state index contributed by atoms with van der Waals surface area (Å²) in [6.07, 6.45) is -3.07. The third kappa shape index (κ3) is 7.90. The number of aromatic amines is 2. The molecule has 0 amide bonds. The van der Waals surface area contributed by atoms with Crippen LogP contribution in [0.3, 0.4) is 0 Å². The van der Waals surface area contributed by atoms with Crippen LogP contribution in [0.1, 0.15) is 22.8 Å². The van der Waals surface area contributed by atoms with Gasteiger partial charge < -0.3 is 28.9 Å². The summed E-state index contributed by atoms with van der Waals surface area (Å²) in [6.45, 7) is 0. The summed E-state index contributed by atoms with van der Waals surface area (Å²) in [5, 5.41) is 0. The third-order valence-corrected chi connectivity index (χ3v) is 11.9. The Balaban J connectivity index is 1.51. The molecule has 8 nitrogen and oxygen atoms in total. The van der Waals surface area contributed by atoms with Gasteiger partial charge in [0.1, 0.15) is 23.0 Å². The lowest BCUT2D eigenvalue weighted by Gasteiger charge is -2.34. The molecule has 9 rings (SSSR count). The summed E-state index contributed by atoms with van der Waals surface area (Å²) in [5.41, 5.74) is 0.419. The Bertz CT molecular complexity index is 3320. The van der Waals surface area contributed by atoms with Crippen molar-refractivity contribution in [1.29, 1.82) is 0 Å². The van der Waals surface area contributed by atoms with E-state index in [9.17, 15) is 22.0 Å². The molecule has 352 valence electrons.